The van der Waals surface area contributed by atoms with Gasteiger partial charge < -0.3 is 15.0 Å². The van der Waals surface area contributed by atoms with Gasteiger partial charge in [-0.25, -0.2) is 0 Å². The summed E-state index contributed by atoms with van der Waals surface area (Å²) in [6.07, 6.45) is -2.33. The van der Waals surface area contributed by atoms with Gasteiger partial charge >= 0.3 is 103 Å². The average molecular weight is 158 g/mol. The Bertz CT molecular complexity index is 35.9. The maximum absolute atomic E-state index is 8.33. The molecule has 0 unspecified atom stereocenters. The normalized spacial score (nSPS) is 3.43. The maximum atomic E-state index is 8.33. The molecule has 32 valence electrons. The molecule has 0 aromatic rings. The van der Waals surface area contributed by atoms with Gasteiger partial charge in [-0.2, -0.15) is 0 Å². The first-order valence-electron chi connectivity index (χ1n) is 0.612. The molecule has 0 fully saturated rings. The largest absolute Gasteiger partial charge is 1.00 e. The van der Waals surface area contributed by atoms with Crippen molar-refractivity contribution in [2.45, 2.75) is 0 Å². The van der Waals surface area contributed by atoms with Crippen LogP contribution < -0.4 is 113 Å². The van der Waals surface area contributed by atoms with Crippen molar-refractivity contribution in [2.24, 2.45) is 0 Å². The van der Waals surface area contributed by atoms with Crippen molar-refractivity contribution >= 4 is 6.16 Å². The van der Waals surface area contributed by atoms with Crippen LogP contribution in [0.3, 0.4) is 0 Å². The summed E-state index contributed by atoms with van der Waals surface area (Å²) >= 11 is 0. The molecular formula is CHFK2O3. The molecule has 0 aliphatic carbocycles. The van der Waals surface area contributed by atoms with E-state index < -0.39 is 6.16 Å². The molecule has 0 amide bonds. The third-order valence-corrected chi connectivity index (χ3v) is 0. The fourth-order valence-electron chi connectivity index (χ4n) is 0. The minimum atomic E-state index is -2.33. The van der Waals surface area contributed by atoms with Gasteiger partial charge in [0.1, 0.15) is 0 Å². The number of hydrogen-bond donors (Lipinski definition) is 0. The summed E-state index contributed by atoms with van der Waals surface area (Å²) in [5, 5.41) is 16.7. The second kappa shape index (κ2) is 15.8. The second-order valence-electron chi connectivity index (χ2n) is 0.250. The van der Waals surface area contributed by atoms with E-state index in [0.717, 1.165) is 0 Å². The van der Waals surface area contributed by atoms with Crippen molar-refractivity contribution in [1.29, 1.82) is 0 Å². The Morgan fingerprint density at radius 3 is 1.14 bits per heavy atom. The quantitative estimate of drug-likeness (QED) is 0.329. The molecule has 0 spiro atoms. The van der Waals surface area contributed by atoms with E-state index in [1.165, 1.54) is 0 Å². The van der Waals surface area contributed by atoms with Crippen molar-refractivity contribution in [1.82, 2.24) is 0 Å². The molecule has 0 heterocycles. The number of carboxylic acid groups (broad SMARTS) is 2. The van der Waals surface area contributed by atoms with E-state index >= 15 is 0 Å². The second-order valence-corrected chi connectivity index (χ2v) is 0.250. The zero-order valence-corrected chi connectivity index (χ0v) is 10.4. The van der Waals surface area contributed by atoms with Crippen LogP contribution in [0.15, 0.2) is 0 Å². The SMILES string of the molecule is F.O=C([O-])[O-].[K+].[K+]. The average Bonchev–Trinajstić information content (AvgIpc) is 0.811. The Morgan fingerprint density at radius 1 is 1.14 bits per heavy atom. The van der Waals surface area contributed by atoms with Gasteiger partial charge in [0.05, 0.1) is 0 Å². The fraction of sp³-hybridized carbons (Fsp3) is 0. The van der Waals surface area contributed by atoms with Gasteiger partial charge in [0.25, 0.3) is 0 Å². The summed E-state index contributed by atoms with van der Waals surface area (Å²) in [5.74, 6) is 0. The predicted octanol–water partition coefficient (Wildman–Crippen LogP) is -8.29. The Kier molecular flexibility index (Phi) is 51.2. The molecule has 0 saturated heterocycles. The Morgan fingerprint density at radius 2 is 1.14 bits per heavy atom. The van der Waals surface area contributed by atoms with E-state index in [4.69, 9.17) is 15.0 Å². The molecule has 7 heavy (non-hydrogen) atoms. The molecule has 0 aromatic carbocycles. The smallest absolute Gasteiger partial charge is 0.652 e. The van der Waals surface area contributed by atoms with E-state index in [1.807, 2.05) is 0 Å². The summed E-state index contributed by atoms with van der Waals surface area (Å²) in [5.41, 5.74) is 0. The fourth-order valence-corrected chi connectivity index (χ4v) is 0. The zero-order valence-electron chi connectivity index (χ0n) is 4.13. The van der Waals surface area contributed by atoms with Crippen molar-refractivity contribution in [3.8, 4) is 0 Å². The standard InChI is InChI=1S/CH2O3.FH.2K/c2-1(3)4;;;/h(H2,2,3,4);1H;;/q;;2*+1/p-2. The zero-order chi connectivity index (χ0) is 3.58. The van der Waals surface area contributed by atoms with Crippen LogP contribution in [0.1, 0.15) is 0 Å². The van der Waals surface area contributed by atoms with E-state index in [-0.39, 0.29) is 107 Å². The molecule has 3 nitrogen and oxygen atoms in total. The maximum Gasteiger partial charge on any atom is 1.00 e. The number of hydrogen-bond acceptors (Lipinski definition) is 3. The molecule has 0 aliphatic rings. The molecule has 0 aliphatic heterocycles. The van der Waals surface area contributed by atoms with Gasteiger partial charge in [0, 0.05) is 0 Å². The van der Waals surface area contributed by atoms with Crippen molar-refractivity contribution in [3.05, 3.63) is 0 Å². The van der Waals surface area contributed by atoms with Crippen LogP contribution in [0.4, 0.5) is 9.50 Å². The Balaban J connectivity index is -0.0000000150. The van der Waals surface area contributed by atoms with Crippen LogP contribution in [0.2, 0.25) is 0 Å². The van der Waals surface area contributed by atoms with Crippen LogP contribution in [-0.2, 0) is 0 Å². The molecule has 0 aromatic heterocycles. The first-order chi connectivity index (χ1) is 1.73. The number of carbonyl (C=O) groups is 1. The molecule has 0 radical (unpaired) electrons. The van der Waals surface area contributed by atoms with Crippen LogP contribution in [0.25, 0.3) is 0 Å². The number of rotatable bonds is 0. The van der Waals surface area contributed by atoms with E-state index in [9.17, 15) is 0 Å². The van der Waals surface area contributed by atoms with Crippen LogP contribution in [0, 0.1) is 0 Å². The molecule has 0 rings (SSSR count). The summed E-state index contributed by atoms with van der Waals surface area (Å²) < 4.78 is 0. The van der Waals surface area contributed by atoms with E-state index in [1.54, 1.807) is 0 Å². The molecule has 0 N–H and O–H groups in total. The minimum absolute atomic E-state index is 0. The van der Waals surface area contributed by atoms with Gasteiger partial charge in [0.15, 0.2) is 0 Å². The first kappa shape index (κ1) is 22.7. The van der Waals surface area contributed by atoms with Gasteiger partial charge in [0.2, 0.25) is 0 Å². The van der Waals surface area contributed by atoms with Crippen LogP contribution >= 0.6 is 0 Å². The molecular weight excluding hydrogens is 157 g/mol. The van der Waals surface area contributed by atoms with Gasteiger partial charge in [-0.3, -0.25) is 4.70 Å². The molecule has 6 heteroatoms. The molecule has 0 saturated carbocycles. The monoisotopic (exact) mass is 158 g/mol. The summed E-state index contributed by atoms with van der Waals surface area (Å²) in [4.78, 5) is 8.33. The Labute approximate surface area is 125 Å². The minimum Gasteiger partial charge on any atom is -0.652 e. The third-order valence-electron chi connectivity index (χ3n) is 0. The van der Waals surface area contributed by atoms with Crippen molar-refractivity contribution in [2.75, 3.05) is 0 Å². The Hall–Kier alpha value is 2.47. The van der Waals surface area contributed by atoms with Crippen molar-refractivity contribution < 1.29 is 122 Å². The summed E-state index contributed by atoms with van der Waals surface area (Å²) in [7, 11) is 0. The third kappa shape index (κ3) is 58.1. The van der Waals surface area contributed by atoms with Crippen LogP contribution in [-0.4, -0.2) is 6.16 Å². The van der Waals surface area contributed by atoms with E-state index in [0.29, 0.717) is 0 Å². The summed E-state index contributed by atoms with van der Waals surface area (Å²) in [6, 6.07) is 0. The molecule has 0 bridgehead atoms. The number of halogens is 1. The van der Waals surface area contributed by atoms with E-state index in [2.05, 4.69) is 0 Å². The predicted molar refractivity (Wildman–Crippen MR) is 7.90 cm³/mol. The first-order valence-corrected chi connectivity index (χ1v) is 0.612. The van der Waals surface area contributed by atoms with Crippen LogP contribution in [0.5, 0.6) is 0 Å². The van der Waals surface area contributed by atoms with Gasteiger partial charge in [-0.1, -0.05) is 0 Å². The topological polar surface area (TPSA) is 63.2 Å². The molecule has 0 atom stereocenters. The van der Waals surface area contributed by atoms with Gasteiger partial charge in [-0.05, 0) is 6.16 Å². The number of carbonyl (C=O) groups excluding carboxylic acids is 1. The van der Waals surface area contributed by atoms with Crippen molar-refractivity contribution in [3.63, 3.8) is 0 Å². The van der Waals surface area contributed by atoms with Gasteiger partial charge in [-0.15, -0.1) is 0 Å². The summed E-state index contributed by atoms with van der Waals surface area (Å²) in [6.45, 7) is 0.